The summed E-state index contributed by atoms with van der Waals surface area (Å²) in [6.45, 7) is 2.68. The number of anilines is 1. The van der Waals surface area contributed by atoms with E-state index in [9.17, 15) is 22.7 Å². The predicted molar refractivity (Wildman–Crippen MR) is 100 cm³/mol. The minimum Gasteiger partial charge on any atom is -0.488 e. The number of aromatic nitrogens is 1. The second-order valence-corrected chi connectivity index (χ2v) is 8.86. The van der Waals surface area contributed by atoms with Gasteiger partial charge in [-0.1, -0.05) is 0 Å². The van der Waals surface area contributed by atoms with Gasteiger partial charge in [0.1, 0.15) is 23.4 Å². The Morgan fingerprint density at radius 2 is 2.17 bits per heavy atom. The highest BCUT2D eigenvalue weighted by Gasteiger charge is 2.39. The van der Waals surface area contributed by atoms with Crippen LogP contribution in [0.25, 0.3) is 0 Å². The number of nitrogens with zero attached hydrogens (tertiary/aromatic N) is 2. The lowest BCUT2D eigenvalue weighted by Gasteiger charge is -2.27. The molecule has 1 aliphatic heterocycles. The van der Waals surface area contributed by atoms with Gasteiger partial charge in [0, 0.05) is 18.9 Å². The van der Waals surface area contributed by atoms with Crippen molar-refractivity contribution in [3.05, 3.63) is 41.5 Å². The number of rotatable bonds is 3. The van der Waals surface area contributed by atoms with Gasteiger partial charge in [0.05, 0.1) is 17.2 Å². The van der Waals surface area contributed by atoms with Crippen LogP contribution in [-0.2, 0) is 17.1 Å². The smallest absolute Gasteiger partial charge is 0.276 e. The standard InChI is InChI=1S/C18H19FN4O5S/c1-18(2,25)14-9-28-16-13(29(26,27)22-14)8-23(3)15(16)17(24)21-11-4-5-12(19)10(6-11)7-20/h4-6,8,14,22,25H,9H2,1-3H3,(H,21,24)/t14-/m0/s1. The fourth-order valence-corrected chi connectivity index (χ4v) is 4.40. The monoisotopic (exact) mass is 422 g/mol. The molecular weight excluding hydrogens is 403 g/mol. The number of fused-ring (bicyclic) bond motifs is 1. The number of carbonyl (C=O) groups excluding carboxylic acids is 1. The number of benzene rings is 1. The molecule has 0 fully saturated rings. The van der Waals surface area contributed by atoms with Crippen molar-refractivity contribution in [3.8, 4) is 11.8 Å². The van der Waals surface area contributed by atoms with Crippen LogP contribution in [0.5, 0.6) is 5.75 Å². The van der Waals surface area contributed by atoms with Crippen molar-refractivity contribution in [1.82, 2.24) is 9.29 Å². The Morgan fingerprint density at radius 1 is 1.48 bits per heavy atom. The molecule has 1 atom stereocenters. The van der Waals surface area contributed by atoms with E-state index in [1.54, 1.807) is 6.07 Å². The van der Waals surface area contributed by atoms with Gasteiger partial charge in [-0.05, 0) is 32.0 Å². The Balaban J connectivity index is 1.98. The number of aryl methyl sites for hydroxylation is 1. The van der Waals surface area contributed by atoms with Crippen LogP contribution in [0.15, 0.2) is 29.3 Å². The first-order valence-corrected chi connectivity index (χ1v) is 10.00. The highest BCUT2D eigenvalue weighted by Crippen LogP contribution is 2.34. The van der Waals surface area contributed by atoms with E-state index in [0.29, 0.717) is 0 Å². The number of carbonyl (C=O) groups is 1. The molecule has 1 aliphatic rings. The van der Waals surface area contributed by atoms with E-state index in [4.69, 9.17) is 10.00 Å². The molecule has 1 amide bonds. The molecule has 1 aromatic carbocycles. The van der Waals surface area contributed by atoms with E-state index < -0.39 is 33.4 Å². The fraction of sp³-hybridized carbons (Fsp3) is 0.333. The molecule has 0 saturated carbocycles. The first kappa shape index (κ1) is 20.8. The molecule has 0 spiro atoms. The number of nitriles is 1. The molecule has 0 bridgehead atoms. The number of ether oxygens (including phenoxy) is 1. The van der Waals surface area contributed by atoms with Gasteiger partial charge in [-0.25, -0.2) is 17.5 Å². The van der Waals surface area contributed by atoms with Gasteiger partial charge < -0.3 is 19.7 Å². The van der Waals surface area contributed by atoms with E-state index >= 15 is 0 Å². The molecule has 0 unspecified atom stereocenters. The van der Waals surface area contributed by atoms with Gasteiger partial charge in [-0.2, -0.15) is 5.26 Å². The molecule has 3 N–H and O–H groups in total. The zero-order valence-electron chi connectivity index (χ0n) is 15.9. The third-order valence-corrected chi connectivity index (χ3v) is 5.96. The van der Waals surface area contributed by atoms with E-state index in [1.165, 1.54) is 37.7 Å². The SMILES string of the molecule is Cn1cc2c(c1C(=O)Nc1ccc(F)c(C#N)c1)OC[C@@H](C(C)(C)O)NS2(=O)=O. The van der Waals surface area contributed by atoms with Crippen LogP contribution in [0, 0.1) is 17.1 Å². The van der Waals surface area contributed by atoms with Gasteiger partial charge >= 0.3 is 0 Å². The average molecular weight is 422 g/mol. The molecule has 9 nitrogen and oxygen atoms in total. The summed E-state index contributed by atoms with van der Waals surface area (Å²) in [5, 5.41) is 21.6. The number of halogens is 1. The Bertz CT molecular complexity index is 1130. The normalized spacial score (nSPS) is 18.1. The summed E-state index contributed by atoms with van der Waals surface area (Å²) in [5.74, 6) is -1.59. The molecule has 2 aromatic rings. The first-order valence-electron chi connectivity index (χ1n) is 8.52. The fourth-order valence-electron chi connectivity index (χ4n) is 2.85. The van der Waals surface area contributed by atoms with Crippen molar-refractivity contribution in [3.63, 3.8) is 0 Å². The number of sulfonamides is 1. The third-order valence-electron chi connectivity index (χ3n) is 4.50. The van der Waals surface area contributed by atoms with Crippen molar-refractivity contribution >= 4 is 21.6 Å². The van der Waals surface area contributed by atoms with Crippen molar-refractivity contribution in [2.24, 2.45) is 7.05 Å². The van der Waals surface area contributed by atoms with Gasteiger partial charge in [0.25, 0.3) is 5.91 Å². The predicted octanol–water partition coefficient (Wildman–Crippen LogP) is 1.10. The average Bonchev–Trinajstić information content (AvgIpc) is 2.89. The molecular formula is C18H19FN4O5S. The molecule has 154 valence electrons. The third kappa shape index (κ3) is 3.95. The van der Waals surface area contributed by atoms with Crippen LogP contribution in [0.2, 0.25) is 0 Å². The number of hydrogen-bond donors (Lipinski definition) is 3. The minimum absolute atomic E-state index is 0.0791. The minimum atomic E-state index is -4.06. The molecule has 0 saturated heterocycles. The van der Waals surface area contributed by atoms with Crippen molar-refractivity contribution < 1.29 is 27.4 Å². The molecule has 2 heterocycles. The molecule has 0 aliphatic carbocycles. The summed E-state index contributed by atoms with van der Waals surface area (Å²) < 4.78 is 48.1. The summed E-state index contributed by atoms with van der Waals surface area (Å²) in [6.07, 6.45) is 1.23. The number of hydrogen-bond acceptors (Lipinski definition) is 6. The van der Waals surface area contributed by atoms with Crippen LogP contribution in [-0.4, -0.2) is 42.2 Å². The number of aliphatic hydroxyl groups is 1. The second kappa shape index (κ2) is 7.14. The van der Waals surface area contributed by atoms with Crippen LogP contribution >= 0.6 is 0 Å². The van der Waals surface area contributed by atoms with Crippen molar-refractivity contribution in [1.29, 1.82) is 5.26 Å². The maximum Gasteiger partial charge on any atom is 0.276 e. The number of nitrogens with one attached hydrogen (secondary N) is 2. The Morgan fingerprint density at radius 3 is 2.79 bits per heavy atom. The summed E-state index contributed by atoms with van der Waals surface area (Å²) in [4.78, 5) is 12.6. The Kier molecular flexibility index (Phi) is 5.12. The lowest BCUT2D eigenvalue weighted by Crippen LogP contribution is -2.51. The van der Waals surface area contributed by atoms with E-state index in [2.05, 4.69) is 10.0 Å². The maximum absolute atomic E-state index is 13.5. The van der Waals surface area contributed by atoms with Crippen LogP contribution in [0.4, 0.5) is 10.1 Å². The van der Waals surface area contributed by atoms with E-state index in [0.717, 1.165) is 12.1 Å². The van der Waals surface area contributed by atoms with Gasteiger partial charge in [-0.15, -0.1) is 0 Å². The first-order chi connectivity index (χ1) is 13.4. The molecule has 29 heavy (non-hydrogen) atoms. The largest absolute Gasteiger partial charge is 0.488 e. The lowest BCUT2D eigenvalue weighted by atomic mass is 10.0. The molecule has 3 rings (SSSR count). The van der Waals surface area contributed by atoms with Crippen molar-refractivity contribution in [2.45, 2.75) is 30.4 Å². The lowest BCUT2D eigenvalue weighted by molar-refractivity contribution is 0.0288. The summed E-state index contributed by atoms with van der Waals surface area (Å²) in [6, 6.07) is 4.22. The van der Waals surface area contributed by atoms with Gasteiger partial charge in [-0.3, -0.25) is 4.79 Å². The molecule has 1 aromatic heterocycles. The topological polar surface area (TPSA) is 133 Å². The summed E-state index contributed by atoms with van der Waals surface area (Å²) in [7, 11) is -2.59. The van der Waals surface area contributed by atoms with Gasteiger partial charge in [0.15, 0.2) is 11.4 Å². The quantitative estimate of drug-likeness (QED) is 0.678. The second-order valence-electron chi connectivity index (χ2n) is 7.18. The van der Waals surface area contributed by atoms with E-state index in [-0.39, 0.29) is 34.2 Å². The Hall–Kier alpha value is -2.94. The number of amides is 1. The summed E-state index contributed by atoms with van der Waals surface area (Å²) in [5.41, 5.74) is -1.57. The molecule has 11 heteroatoms. The zero-order chi connectivity index (χ0) is 21.6. The maximum atomic E-state index is 13.5. The van der Waals surface area contributed by atoms with Crippen LogP contribution in [0.1, 0.15) is 29.9 Å². The highest BCUT2D eigenvalue weighted by atomic mass is 32.2. The highest BCUT2D eigenvalue weighted by molar-refractivity contribution is 7.89. The zero-order valence-corrected chi connectivity index (χ0v) is 16.7. The van der Waals surface area contributed by atoms with Crippen LogP contribution in [0.3, 0.4) is 0 Å². The summed E-state index contributed by atoms with van der Waals surface area (Å²) >= 11 is 0. The Labute approximate surface area is 166 Å². The van der Waals surface area contributed by atoms with Gasteiger partial charge in [0.2, 0.25) is 10.0 Å². The molecule has 0 radical (unpaired) electrons. The van der Waals surface area contributed by atoms with Crippen LogP contribution < -0.4 is 14.8 Å². The van der Waals surface area contributed by atoms with E-state index in [1.807, 2.05) is 0 Å². The van der Waals surface area contributed by atoms with Crippen molar-refractivity contribution in [2.75, 3.05) is 11.9 Å².